The van der Waals surface area contributed by atoms with Crippen LogP contribution in [0.1, 0.15) is 40.5 Å². The van der Waals surface area contributed by atoms with Gasteiger partial charge < -0.3 is 16.4 Å². The fraction of sp³-hybridized carbons (Fsp3) is 0.200. The maximum atomic E-state index is 14.1. The van der Waals surface area contributed by atoms with Gasteiger partial charge in [-0.1, -0.05) is 12.1 Å². The predicted octanol–water partition coefficient (Wildman–Crippen LogP) is 2.94. The van der Waals surface area contributed by atoms with Gasteiger partial charge in [-0.25, -0.2) is 13.2 Å². The summed E-state index contributed by atoms with van der Waals surface area (Å²) < 4.78 is 41.8. The lowest BCUT2D eigenvalue weighted by molar-refractivity contribution is -0.126. The van der Waals surface area contributed by atoms with E-state index in [9.17, 15) is 27.6 Å². The van der Waals surface area contributed by atoms with E-state index >= 15 is 0 Å². The van der Waals surface area contributed by atoms with Crippen LogP contribution in [0.25, 0.3) is 11.1 Å². The lowest BCUT2D eigenvalue weighted by atomic mass is 9.94. The number of nitrogens with one attached hydrogen (secondary N) is 2. The Kier molecular flexibility index (Phi) is 6.81. The summed E-state index contributed by atoms with van der Waals surface area (Å²) in [5.74, 6) is -4.03. The fourth-order valence-corrected chi connectivity index (χ4v) is 4.08. The van der Waals surface area contributed by atoms with Gasteiger partial charge in [-0.3, -0.25) is 19.4 Å². The molecule has 3 amide bonds. The number of amides is 3. The number of hydrogen-bond acceptors (Lipinski definition) is 4. The molecule has 7 nitrogen and oxygen atoms in total. The molecule has 0 aliphatic carbocycles. The van der Waals surface area contributed by atoms with Gasteiger partial charge in [0.05, 0.1) is 17.3 Å². The second kappa shape index (κ2) is 9.96. The van der Waals surface area contributed by atoms with Gasteiger partial charge in [0, 0.05) is 24.2 Å². The standard InChI is InChI=1S/C25H21F3N4O3/c26-15-8-13(9-16(27)12-15)10-21(32-25(35)20-5-6-22(33)31-20)23-17(2-1-7-30-23)14-3-4-19(28)18(11-14)24(29)34/h1-4,7-9,11-12,20-21H,5-6,10H2,(H2,29,34)(H,31,33)(H,32,35)/t20?,21-/m0/s1. The highest BCUT2D eigenvalue weighted by Crippen LogP contribution is 2.30. The number of rotatable bonds is 7. The monoisotopic (exact) mass is 482 g/mol. The minimum absolute atomic E-state index is 0.0328. The van der Waals surface area contributed by atoms with Crippen LogP contribution >= 0.6 is 0 Å². The SMILES string of the molecule is NC(=O)c1cc(-c2cccnc2[C@H](Cc2cc(F)cc(F)c2)NC(=O)C2CCC(=O)N2)ccc1F. The van der Waals surface area contributed by atoms with Crippen molar-refractivity contribution in [3.05, 3.63) is 89.0 Å². The first-order valence-corrected chi connectivity index (χ1v) is 10.8. The Hall–Kier alpha value is -4.21. The molecule has 2 heterocycles. The Bertz CT molecular complexity index is 1290. The third-order valence-electron chi connectivity index (χ3n) is 5.70. The molecule has 2 aromatic carbocycles. The number of hydrogen-bond donors (Lipinski definition) is 3. The van der Waals surface area contributed by atoms with Gasteiger partial charge in [-0.15, -0.1) is 0 Å². The molecule has 1 aliphatic rings. The van der Waals surface area contributed by atoms with Crippen LogP contribution in [0.15, 0.2) is 54.7 Å². The molecular formula is C25H21F3N4O3. The van der Waals surface area contributed by atoms with Gasteiger partial charge in [0.15, 0.2) is 0 Å². The molecule has 3 aromatic rings. The molecule has 1 aliphatic heterocycles. The largest absolute Gasteiger partial charge is 0.366 e. The van der Waals surface area contributed by atoms with Gasteiger partial charge in [-0.05, 0) is 54.3 Å². The van der Waals surface area contributed by atoms with E-state index in [1.54, 1.807) is 12.1 Å². The first kappa shape index (κ1) is 23.9. The minimum Gasteiger partial charge on any atom is -0.366 e. The number of benzene rings is 2. The molecule has 0 radical (unpaired) electrons. The summed E-state index contributed by atoms with van der Waals surface area (Å²) >= 11 is 0. The number of nitrogens with two attached hydrogens (primary N) is 1. The third kappa shape index (κ3) is 5.48. The Morgan fingerprint density at radius 3 is 2.51 bits per heavy atom. The number of pyridine rings is 1. The van der Waals surface area contributed by atoms with Crippen LogP contribution in [0, 0.1) is 17.5 Å². The molecule has 1 saturated heterocycles. The van der Waals surface area contributed by atoms with Gasteiger partial charge in [-0.2, -0.15) is 0 Å². The first-order valence-electron chi connectivity index (χ1n) is 10.8. The van der Waals surface area contributed by atoms with Crippen molar-refractivity contribution in [3.63, 3.8) is 0 Å². The summed E-state index contributed by atoms with van der Waals surface area (Å²) in [5, 5.41) is 5.40. The quantitative estimate of drug-likeness (QED) is 0.480. The summed E-state index contributed by atoms with van der Waals surface area (Å²) in [6, 6.07) is 8.46. The first-order chi connectivity index (χ1) is 16.7. The predicted molar refractivity (Wildman–Crippen MR) is 120 cm³/mol. The van der Waals surface area contributed by atoms with Crippen molar-refractivity contribution in [2.24, 2.45) is 5.73 Å². The summed E-state index contributed by atoms with van der Waals surface area (Å²) in [5.41, 5.74) is 6.39. The van der Waals surface area contributed by atoms with E-state index in [0.29, 0.717) is 23.2 Å². The topological polar surface area (TPSA) is 114 Å². The summed E-state index contributed by atoms with van der Waals surface area (Å²) in [6.45, 7) is 0. The Labute approximate surface area is 198 Å². The molecule has 1 fully saturated rings. The number of carbonyl (C=O) groups excluding carboxylic acids is 3. The molecular weight excluding hydrogens is 461 g/mol. The Morgan fingerprint density at radius 2 is 1.86 bits per heavy atom. The summed E-state index contributed by atoms with van der Waals surface area (Å²) in [7, 11) is 0. The normalized spacial score (nSPS) is 16.0. The van der Waals surface area contributed by atoms with Gasteiger partial charge in [0.1, 0.15) is 23.5 Å². The Balaban J connectivity index is 1.76. The highest BCUT2D eigenvalue weighted by molar-refractivity contribution is 5.94. The summed E-state index contributed by atoms with van der Waals surface area (Å²) in [6.07, 6.45) is 1.95. The van der Waals surface area contributed by atoms with Crippen LogP contribution in [0.4, 0.5) is 13.2 Å². The van der Waals surface area contributed by atoms with Crippen LogP contribution in [0.3, 0.4) is 0 Å². The van der Waals surface area contributed by atoms with E-state index in [1.165, 1.54) is 18.3 Å². The van der Waals surface area contributed by atoms with Gasteiger partial charge >= 0.3 is 0 Å². The zero-order chi connectivity index (χ0) is 25.1. The number of nitrogens with zero attached hydrogens (tertiary/aromatic N) is 1. The average molecular weight is 482 g/mol. The van der Waals surface area contributed by atoms with E-state index < -0.39 is 41.3 Å². The molecule has 4 N–H and O–H groups in total. The van der Waals surface area contributed by atoms with Crippen molar-refractivity contribution < 1.29 is 27.6 Å². The van der Waals surface area contributed by atoms with Gasteiger partial charge in [0.25, 0.3) is 5.91 Å². The molecule has 0 saturated carbocycles. The van der Waals surface area contributed by atoms with E-state index in [4.69, 9.17) is 5.73 Å². The third-order valence-corrected chi connectivity index (χ3v) is 5.70. The maximum Gasteiger partial charge on any atom is 0.251 e. The fourth-order valence-electron chi connectivity index (χ4n) is 4.08. The number of halogens is 3. The van der Waals surface area contributed by atoms with Crippen LogP contribution in [-0.2, 0) is 16.0 Å². The zero-order valence-corrected chi connectivity index (χ0v) is 18.4. The van der Waals surface area contributed by atoms with E-state index in [1.807, 2.05) is 0 Å². The van der Waals surface area contributed by atoms with Crippen molar-refractivity contribution in [2.45, 2.75) is 31.3 Å². The lowest BCUT2D eigenvalue weighted by Gasteiger charge is -2.23. The molecule has 180 valence electrons. The smallest absolute Gasteiger partial charge is 0.251 e. The second-order valence-electron chi connectivity index (χ2n) is 8.20. The molecule has 1 aromatic heterocycles. The lowest BCUT2D eigenvalue weighted by Crippen LogP contribution is -2.43. The number of primary amides is 1. The van der Waals surface area contributed by atoms with Crippen molar-refractivity contribution in [1.82, 2.24) is 15.6 Å². The zero-order valence-electron chi connectivity index (χ0n) is 18.4. The highest BCUT2D eigenvalue weighted by Gasteiger charge is 2.30. The van der Waals surface area contributed by atoms with Gasteiger partial charge in [0.2, 0.25) is 11.8 Å². The van der Waals surface area contributed by atoms with E-state index in [0.717, 1.165) is 24.3 Å². The molecule has 0 bridgehead atoms. The second-order valence-corrected chi connectivity index (χ2v) is 8.20. The maximum absolute atomic E-state index is 14.1. The molecule has 35 heavy (non-hydrogen) atoms. The highest BCUT2D eigenvalue weighted by atomic mass is 19.1. The molecule has 0 spiro atoms. The summed E-state index contributed by atoms with van der Waals surface area (Å²) in [4.78, 5) is 40.5. The van der Waals surface area contributed by atoms with Crippen molar-refractivity contribution in [1.29, 1.82) is 0 Å². The molecule has 2 atom stereocenters. The molecule has 1 unspecified atom stereocenters. The van der Waals surface area contributed by atoms with Crippen LogP contribution in [0.5, 0.6) is 0 Å². The Morgan fingerprint density at radius 1 is 1.11 bits per heavy atom. The van der Waals surface area contributed by atoms with Crippen LogP contribution < -0.4 is 16.4 Å². The molecule has 4 rings (SSSR count). The average Bonchev–Trinajstić information content (AvgIpc) is 3.24. The minimum atomic E-state index is -0.952. The van der Waals surface area contributed by atoms with Crippen molar-refractivity contribution in [2.75, 3.05) is 0 Å². The number of aromatic nitrogens is 1. The van der Waals surface area contributed by atoms with E-state index in [2.05, 4.69) is 15.6 Å². The van der Waals surface area contributed by atoms with Crippen LogP contribution in [0.2, 0.25) is 0 Å². The van der Waals surface area contributed by atoms with E-state index in [-0.39, 0.29) is 29.9 Å². The van der Waals surface area contributed by atoms with Crippen LogP contribution in [-0.4, -0.2) is 28.7 Å². The van der Waals surface area contributed by atoms with Crippen molar-refractivity contribution in [3.8, 4) is 11.1 Å². The van der Waals surface area contributed by atoms with Crippen molar-refractivity contribution >= 4 is 17.7 Å². The molecule has 10 heteroatoms. The number of carbonyl (C=O) groups is 3.